The molecule has 0 radical (unpaired) electrons. The van der Waals surface area contributed by atoms with Crippen LogP contribution in [0.25, 0.3) is 0 Å². The Kier molecular flexibility index (Phi) is 5.69. The normalized spacial score (nSPS) is 19.4. The summed E-state index contributed by atoms with van der Waals surface area (Å²) in [6, 6.07) is 5.09. The maximum absolute atomic E-state index is 12.8. The van der Waals surface area contributed by atoms with Gasteiger partial charge in [0.1, 0.15) is 0 Å². The van der Waals surface area contributed by atoms with E-state index in [0.717, 1.165) is 49.7 Å². The highest BCUT2D eigenvalue weighted by atomic mass is 32.2. The van der Waals surface area contributed by atoms with Gasteiger partial charge in [0.15, 0.2) is 5.82 Å². The molecule has 1 fully saturated rings. The summed E-state index contributed by atoms with van der Waals surface area (Å²) in [5.41, 5.74) is 1.98. The van der Waals surface area contributed by atoms with Crippen molar-refractivity contribution in [2.75, 3.05) is 0 Å². The molecule has 1 amide bonds. The third kappa shape index (κ3) is 4.67. The second-order valence-electron chi connectivity index (χ2n) is 7.86. The number of rotatable bonds is 7. The summed E-state index contributed by atoms with van der Waals surface area (Å²) in [6.07, 6.45) is 6.12. The minimum Gasteiger partial charge on any atom is -0.349 e. The molecule has 0 spiro atoms. The highest BCUT2D eigenvalue weighted by Crippen LogP contribution is 2.33. The molecular weight excluding hydrogens is 392 g/mol. The van der Waals surface area contributed by atoms with Gasteiger partial charge >= 0.3 is 0 Å². The SMILES string of the molecule is Cc1noc(CCC(=O)N[C@@H]2CCc3ccc(S(=O)(=O)NC4CCCC4)cc32)n1. The van der Waals surface area contributed by atoms with E-state index in [1.54, 1.807) is 19.1 Å². The Morgan fingerprint density at radius 1 is 1.24 bits per heavy atom. The van der Waals surface area contributed by atoms with Crippen LogP contribution in [0.1, 0.15) is 67.4 Å². The molecule has 156 valence electrons. The first-order valence-corrected chi connectivity index (χ1v) is 11.6. The molecule has 0 saturated heterocycles. The summed E-state index contributed by atoms with van der Waals surface area (Å²) in [5.74, 6) is 0.872. The number of sulfonamides is 1. The van der Waals surface area contributed by atoms with Crippen molar-refractivity contribution in [3.05, 3.63) is 41.0 Å². The van der Waals surface area contributed by atoms with Crippen LogP contribution in [0.5, 0.6) is 0 Å². The van der Waals surface area contributed by atoms with Crippen molar-refractivity contribution in [2.24, 2.45) is 0 Å². The number of carbonyl (C=O) groups is 1. The molecule has 2 aliphatic carbocycles. The average Bonchev–Trinajstić information content (AvgIpc) is 3.42. The molecule has 9 heteroatoms. The smallest absolute Gasteiger partial charge is 0.240 e. The molecule has 4 rings (SSSR count). The molecule has 1 aromatic carbocycles. The van der Waals surface area contributed by atoms with Gasteiger partial charge in [0, 0.05) is 18.9 Å². The lowest BCUT2D eigenvalue weighted by molar-refractivity contribution is -0.121. The summed E-state index contributed by atoms with van der Waals surface area (Å²) < 4.78 is 33.4. The van der Waals surface area contributed by atoms with Crippen molar-refractivity contribution in [1.82, 2.24) is 20.2 Å². The second-order valence-corrected chi connectivity index (χ2v) is 9.57. The fourth-order valence-corrected chi connectivity index (χ4v) is 5.50. The van der Waals surface area contributed by atoms with Crippen molar-refractivity contribution in [3.63, 3.8) is 0 Å². The number of nitrogens with zero attached hydrogens (tertiary/aromatic N) is 2. The summed E-state index contributed by atoms with van der Waals surface area (Å²) in [6.45, 7) is 1.73. The van der Waals surface area contributed by atoms with Crippen LogP contribution in [-0.2, 0) is 27.7 Å². The number of hydrogen-bond donors (Lipinski definition) is 2. The number of amides is 1. The lowest BCUT2D eigenvalue weighted by Gasteiger charge is -2.16. The number of aromatic nitrogens is 2. The van der Waals surface area contributed by atoms with Crippen LogP contribution in [0.3, 0.4) is 0 Å². The third-order valence-electron chi connectivity index (χ3n) is 5.65. The van der Waals surface area contributed by atoms with E-state index in [0.29, 0.717) is 18.1 Å². The highest BCUT2D eigenvalue weighted by Gasteiger charge is 2.28. The molecule has 2 aliphatic rings. The Morgan fingerprint density at radius 2 is 2.03 bits per heavy atom. The lowest BCUT2D eigenvalue weighted by Crippen LogP contribution is -2.33. The van der Waals surface area contributed by atoms with Gasteiger partial charge in [0.05, 0.1) is 10.9 Å². The molecule has 0 bridgehead atoms. The summed E-state index contributed by atoms with van der Waals surface area (Å²) in [4.78, 5) is 16.7. The van der Waals surface area contributed by atoms with Crippen molar-refractivity contribution < 1.29 is 17.7 Å². The zero-order chi connectivity index (χ0) is 20.4. The number of carbonyl (C=O) groups excluding carboxylic acids is 1. The van der Waals surface area contributed by atoms with E-state index in [-0.39, 0.29) is 29.3 Å². The first-order chi connectivity index (χ1) is 13.9. The maximum atomic E-state index is 12.8. The minimum absolute atomic E-state index is 0.0251. The van der Waals surface area contributed by atoms with Gasteiger partial charge in [-0.2, -0.15) is 4.98 Å². The minimum atomic E-state index is -3.55. The van der Waals surface area contributed by atoms with Gasteiger partial charge in [-0.1, -0.05) is 24.1 Å². The van der Waals surface area contributed by atoms with Crippen LogP contribution in [0.15, 0.2) is 27.6 Å². The van der Waals surface area contributed by atoms with Crippen LogP contribution in [0, 0.1) is 6.92 Å². The van der Waals surface area contributed by atoms with Crippen LogP contribution < -0.4 is 10.0 Å². The molecule has 2 aromatic rings. The molecule has 0 unspecified atom stereocenters. The Hall–Kier alpha value is -2.26. The fraction of sp³-hybridized carbons (Fsp3) is 0.550. The summed E-state index contributed by atoms with van der Waals surface area (Å²) in [5, 5.41) is 6.74. The Bertz CT molecular complexity index is 996. The van der Waals surface area contributed by atoms with E-state index in [1.165, 1.54) is 0 Å². The van der Waals surface area contributed by atoms with Gasteiger partial charge in [-0.05, 0) is 55.9 Å². The summed E-state index contributed by atoms with van der Waals surface area (Å²) in [7, 11) is -3.55. The first-order valence-electron chi connectivity index (χ1n) is 10.1. The molecule has 29 heavy (non-hydrogen) atoms. The number of hydrogen-bond acceptors (Lipinski definition) is 6. The van der Waals surface area contributed by atoms with Gasteiger partial charge in [-0.15, -0.1) is 0 Å². The van der Waals surface area contributed by atoms with Crippen LogP contribution in [-0.4, -0.2) is 30.5 Å². The molecule has 2 N–H and O–H groups in total. The number of benzene rings is 1. The monoisotopic (exact) mass is 418 g/mol. The molecule has 0 aliphatic heterocycles. The molecule has 1 heterocycles. The first kappa shape index (κ1) is 20.0. The van der Waals surface area contributed by atoms with E-state index in [2.05, 4.69) is 20.2 Å². The van der Waals surface area contributed by atoms with Crippen molar-refractivity contribution in [3.8, 4) is 0 Å². The standard InChI is InChI=1S/C20H26N4O4S/c1-13-21-20(28-23-13)11-10-19(25)22-18-9-7-14-6-8-16(12-17(14)18)29(26,27)24-15-4-2-3-5-15/h6,8,12,15,18,24H,2-5,7,9-11H2,1H3,(H,22,25)/t18-/m1/s1. The number of aryl methyl sites for hydroxylation is 3. The molecule has 1 atom stereocenters. The van der Waals surface area contributed by atoms with Gasteiger partial charge in [0.25, 0.3) is 0 Å². The molecular formula is C20H26N4O4S. The Morgan fingerprint density at radius 3 is 2.76 bits per heavy atom. The predicted molar refractivity (Wildman–Crippen MR) is 106 cm³/mol. The van der Waals surface area contributed by atoms with Crippen molar-refractivity contribution in [1.29, 1.82) is 0 Å². The fourth-order valence-electron chi connectivity index (χ4n) is 4.16. The zero-order valence-electron chi connectivity index (χ0n) is 16.5. The van der Waals surface area contributed by atoms with E-state index in [9.17, 15) is 13.2 Å². The van der Waals surface area contributed by atoms with Crippen LogP contribution in [0.4, 0.5) is 0 Å². The maximum Gasteiger partial charge on any atom is 0.240 e. The van der Waals surface area contributed by atoms with E-state index in [1.807, 2.05) is 6.07 Å². The second kappa shape index (κ2) is 8.23. The predicted octanol–water partition coefficient (Wildman–Crippen LogP) is 2.34. The topological polar surface area (TPSA) is 114 Å². The van der Waals surface area contributed by atoms with Crippen molar-refractivity contribution in [2.45, 2.75) is 75.3 Å². The van der Waals surface area contributed by atoms with Gasteiger partial charge in [0.2, 0.25) is 21.8 Å². The highest BCUT2D eigenvalue weighted by molar-refractivity contribution is 7.89. The molecule has 8 nitrogen and oxygen atoms in total. The van der Waals surface area contributed by atoms with Gasteiger partial charge in [-0.25, -0.2) is 13.1 Å². The Balaban J connectivity index is 1.42. The van der Waals surface area contributed by atoms with Gasteiger partial charge in [-0.3, -0.25) is 4.79 Å². The number of fused-ring (bicyclic) bond motifs is 1. The van der Waals surface area contributed by atoms with Gasteiger partial charge < -0.3 is 9.84 Å². The summed E-state index contributed by atoms with van der Waals surface area (Å²) >= 11 is 0. The lowest BCUT2D eigenvalue weighted by atomic mass is 10.1. The van der Waals surface area contributed by atoms with Crippen molar-refractivity contribution >= 4 is 15.9 Å². The largest absolute Gasteiger partial charge is 0.349 e. The van der Waals surface area contributed by atoms with E-state index < -0.39 is 10.0 Å². The van der Waals surface area contributed by atoms with E-state index in [4.69, 9.17) is 4.52 Å². The number of nitrogens with one attached hydrogen (secondary N) is 2. The molecule has 1 aromatic heterocycles. The van der Waals surface area contributed by atoms with Crippen LogP contribution in [0.2, 0.25) is 0 Å². The zero-order valence-corrected chi connectivity index (χ0v) is 17.3. The van der Waals surface area contributed by atoms with Crippen LogP contribution >= 0.6 is 0 Å². The average molecular weight is 419 g/mol. The Labute approximate surface area is 170 Å². The third-order valence-corrected chi connectivity index (χ3v) is 7.17. The molecule has 1 saturated carbocycles. The van der Waals surface area contributed by atoms with E-state index >= 15 is 0 Å². The quantitative estimate of drug-likeness (QED) is 0.713.